The number of aryl methyl sites for hydroxylation is 2. The minimum Gasteiger partial charge on any atom is -0.276 e. The van der Waals surface area contributed by atoms with Gasteiger partial charge in [0.25, 0.3) is 10.0 Å². The van der Waals surface area contributed by atoms with Gasteiger partial charge in [-0.2, -0.15) is 10.2 Å². The molecule has 0 saturated heterocycles. The molecule has 1 aliphatic carbocycles. The second kappa shape index (κ2) is 5.04. The van der Waals surface area contributed by atoms with Crippen molar-refractivity contribution in [3.8, 4) is 0 Å². The summed E-state index contributed by atoms with van der Waals surface area (Å²) in [6.07, 6.45) is 3.95. The Bertz CT molecular complexity index is 1050. The molecule has 9 heteroatoms. The Labute approximate surface area is 139 Å². The van der Waals surface area contributed by atoms with Gasteiger partial charge in [0.1, 0.15) is 4.90 Å². The van der Waals surface area contributed by atoms with Crippen molar-refractivity contribution in [2.24, 2.45) is 7.05 Å². The molecular weight excluding hydrogens is 328 g/mol. The number of nitrogens with zero attached hydrogens (tertiary/aromatic N) is 5. The summed E-state index contributed by atoms with van der Waals surface area (Å²) in [4.78, 5) is 4.71. The average molecular weight is 346 g/mol. The summed E-state index contributed by atoms with van der Waals surface area (Å²) in [6.45, 7) is 3.42. The molecular formula is C15H18N6O2S. The van der Waals surface area contributed by atoms with Crippen LogP contribution in [0.25, 0.3) is 5.65 Å². The third-order valence-electron chi connectivity index (χ3n) is 4.28. The predicted molar refractivity (Wildman–Crippen MR) is 88.5 cm³/mol. The highest BCUT2D eigenvalue weighted by Crippen LogP contribution is 2.38. The first kappa shape index (κ1) is 15.1. The summed E-state index contributed by atoms with van der Waals surface area (Å²) in [6, 6.07) is 3.44. The van der Waals surface area contributed by atoms with E-state index in [1.807, 2.05) is 0 Å². The fraction of sp³-hybridized carbons (Fsp3) is 0.400. The van der Waals surface area contributed by atoms with Crippen molar-refractivity contribution in [2.75, 3.05) is 4.72 Å². The van der Waals surface area contributed by atoms with Crippen LogP contribution < -0.4 is 4.72 Å². The molecule has 24 heavy (non-hydrogen) atoms. The van der Waals surface area contributed by atoms with E-state index in [1.165, 1.54) is 0 Å². The van der Waals surface area contributed by atoms with E-state index in [2.05, 4.69) is 19.9 Å². The Kier molecular flexibility index (Phi) is 3.17. The van der Waals surface area contributed by atoms with Crippen molar-refractivity contribution in [3.05, 3.63) is 35.5 Å². The lowest BCUT2D eigenvalue weighted by molar-refractivity contribution is 0.599. The first-order valence-electron chi connectivity index (χ1n) is 7.75. The minimum absolute atomic E-state index is 0.203. The number of nitrogens with one attached hydrogen (secondary N) is 1. The fourth-order valence-electron chi connectivity index (χ4n) is 2.86. The van der Waals surface area contributed by atoms with Gasteiger partial charge in [-0.15, -0.1) is 0 Å². The van der Waals surface area contributed by atoms with E-state index >= 15 is 0 Å². The third-order valence-corrected chi connectivity index (χ3v) is 5.89. The van der Waals surface area contributed by atoms with E-state index in [0.717, 1.165) is 18.7 Å². The molecule has 0 bridgehead atoms. The summed E-state index contributed by atoms with van der Waals surface area (Å²) < 4.78 is 31.5. The summed E-state index contributed by atoms with van der Waals surface area (Å²) >= 11 is 0. The lowest BCUT2D eigenvalue weighted by Crippen LogP contribution is -2.15. The Hall–Kier alpha value is -2.42. The van der Waals surface area contributed by atoms with Gasteiger partial charge in [-0.1, -0.05) is 0 Å². The number of pyridine rings is 1. The third kappa shape index (κ3) is 2.35. The number of anilines is 1. The summed E-state index contributed by atoms with van der Waals surface area (Å²) in [5, 5.41) is 8.61. The van der Waals surface area contributed by atoms with Crippen LogP contribution in [-0.2, 0) is 17.1 Å². The summed E-state index contributed by atoms with van der Waals surface area (Å²) in [5.41, 5.74) is 1.99. The van der Waals surface area contributed by atoms with E-state index in [9.17, 15) is 8.42 Å². The van der Waals surface area contributed by atoms with Crippen molar-refractivity contribution in [1.82, 2.24) is 24.4 Å². The van der Waals surface area contributed by atoms with Crippen LogP contribution in [0.15, 0.2) is 23.2 Å². The highest BCUT2D eigenvalue weighted by molar-refractivity contribution is 7.92. The maximum Gasteiger partial charge on any atom is 0.265 e. The zero-order valence-electron chi connectivity index (χ0n) is 13.7. The molecule has 3 aromatic heterocycles. The highest BCUT2D eigenvalue weighted by atomic mass is 32.2. The largest absolute Gasteiger partial charge is 0.276 e. The highest BCUT2D eigenvalue weighted by Gasteiger charge is 2.29. The van der Waals surface area contributed by atoms with E-state index in [0.29, 0.717) is 28.6 Å². The molecule has 1 aliphatic rings. The van der Waals surface area contributed by atoms with Crippen LogP contribution in [-0.4, -0.2) is 32.8 Å². The van der Waals surface area contributed by atoms with Crippen LogP contribution in [0.1, 0.15) is 36.0 Å². The van der Waals surface area contributed by atoms with Crippen molar-refractivity contribution < 1.29 is 8.42 Å². The first-order chi connectivity index (χ1) is 11.4. The topological polar surface area (TPSA) is 94.2 Å². The quantitative estimate of drug-likeness (QED) is 0.777. The molecule has 1 N–H and O–H groups in total. The zero-order valence-corrected chi connectivity index (χ0v) is 14.5. The monoisotopic (exact) mass is 346 g/mol. The van der Waals surface area contributed by atoms with Crippen molar-refractivity contribution in [2.45, 2.75) is 37.5 Å². The van der Waals surface area contributed by atoms with E-state index in [1.54, 1.807) is 48.4 Å². The number of rotatable bonds is 4. The van der Waals surface area contributed by atoms with Gasteiger partial charge in [0.2, 0.25) is 0 Å². The molecule has 8 nitrogen and oxygen atoms in total. The van der Waals surface area contributed by atoms with Gasteiger partial charge >= 0.3 is 0 Å². The number of hydrogen-bond acceptors (Lipinski definition) is 5. The van der Waals surface area contributed by atoms with Crippen LogP contribution in [0.3, 0.4) is 0 Å². The van der Waals surface area contributed by atoms with Gasteiger partial charge in [-0.3, -0.25) is 9.40 Å². The smallest absolute Gasteiger partial charge is 0.265 e. The SMILES string of the molecule is Cc1nn(C)c(C)c1S(=O)(=O)Nc1cccn2nc(C3CC3)nc12. The first-order valence-corrected chi connectivity index (χ1v) is 9.23. The van der Waals surface area contributed by atoms with Gasteiger partial charge in [0.15, 0.2) is 11.5 Å². The lowest BCUT2D eigenvalue weighted by Gasteiger charge is -2.09. The molecule has 3 aromatic rings. The summed E-state index contributed by atoms with van der Waals surface area (Å²) in [5.74, 6) is 1.17. The molecule has 0 unspecified atom stereocenters. The normalized spacial score (nSPS) is 15.1. The zero-order chi connectivity index (χ0) is 17.1. The molecule has 1 fully saturated rings. The Morgan fingerprint density at radius 2 is 2.00 bits per heavy atom. The average Bonchev–Trinajstić information content (AvgIpc) is 3.19. The Balaban J connectivity index is 1.78. The second-order valence-corrected chi connectivity index (χ2v) is 7.78. The number of sulfonamides is 1. The molecule has 1 saturated carbocycles. The van der Waals surface area contributed by atoms with Gasteiger partial charge in [-0.05, 0) is 38.8 Å². The Morgan fingerprint density at radius 1 is 1.25 bits per heavy atom. The fourth-order valence-corrected chi connectivity index (χ4v) is 4.36. The van der Waals surface area contributed by atoms with Crippen molar-refractivity contribution in [1.29, 1.82) is 0 Å². The molecule has 126 valence electrons. The second-order valence-electron chi connectivity index (χ2n) is 6.16. The minimum atomic E-state index is -3.76. The maximum atomic E-state index is 12.8. The molecule has 0 amide bonds. The van der Waals surface area contributed by atoms with Crippen LogP contribution in [0.5, 0.6) is 0 Å². The van der Waals surface area contributed by atoms with E-state index in [4.69, 9.17) is 0 Å². The number of aromatic nitrogens is 5. The maximum absolute atomic E-state index is 12.8. The van der Waals surface area contributed by atoms with Gasteiger partial charge in [-0.25, -0.2) is 17.9 Å². The van der Waals surface area contributed by atoms with Gasteiger partial charge < -0.3 is 0 Å². The number of hydrogen-bond donors (Lipinski definition) is 1. The van der Waals surface area contributed by atoms with E-state index < -0.39 is 10.0 Å². The lowest BCUT2D eigenvalue weighted by atomic mass is 10.4. The molecule has 0 aromatic carbocycles. The van der Waals surface area contributed by atoms with Crippen LogP contribution >= 0.6 is 0 Å². The van der Waals surface area contributed by atoms with Crippen molar-refractivity contribution >= 4 is 21.4 Å². The van der Waals surface area contributed by atoms with Crippen molar-refractivity contribution in [3.63, 3.8) is 0 Å². The predicted octanol–water partition coefficient (Wildman–Crippen LogP) is 1.76. The van der Waals surface area contributed by atoms with Gasteiger partial charge in [0, 0.05) is 19.2 Å². The molecule has 0 atom stereocenters. The molecule has 0 spiro atoms. The molecule has 0 aliphatic heterocycles. The van der Waals surface area contributed by atoms with Gasteiger partial charge in [0.05, 0.1) is 17.1 Å². The van der Waals surface area contributed by atoms with Crippen LogP contribution in [0.2, 0.25) is 0 Å². The molecule has 3 heterocycles. The Morgan fingerprint density at radius 3 is 2.62 bits per heavy atom. The molecule has 4 rings (SSSR count). The standard InChI is InChI=1S/C15H18N6O2S/c1-9-13(10(2)20(3)17-9)24(22,23)19-12-5-4-8-21-15(12)16-14(18-21)11-6-7-11/h4-5,8,11,19H,6-7H2,1-3H3. The van der Waals surface area contributed by atoms with Crippen LogP contribution in [0.4, 0.5) is 5.69 Å². The van der Waals surface area contributed by atoms with E-state index in [-0.39, 0.29) is 4.90 Å². The summed E-state index contributed by atoms with van der Waals surface area (Å²) in [7, 11) is -2.03. The number of fused-ring (bicyclic) bond motifs is 1. The van der Waals surface area contributed by atoms with Crippen LogP contribution in [0, 0.1) is 13.8 Å². The molecule has 0 radical (unpaired) electrons.